The third kappa shape index (κ3) is 3.78. The van der Waals surface area contributed by atoms with E-state index in [1.54, 1.807) is 0 Å². The predicted octanol–water partition coefficient (Wildman–Crippen LogP) is 11.4. The van der Waals surface area contributed by atoms with Crippen LogP contribution < -0.4 is 4.90 Å². The molecule has 0 radical (unpaired) electrons. The van der Waals surface area contributed by atoms with Crippen molar-refractivity contribution in [2.45, 2.75) is 38.5 Å². The van der Waals surface area contributed by atoms with Gasteiger partial charge in [-0.25, -0.2) is 0 Å². The molecule has 8 rings (SSSR count). The van der Waals surface area contributed by atoms with Gasteiger partial charge in [-0.05, 0) is 79.9 Å². The first kappa shape index (κ1) is 25.8. The highest BCUT2D eigenvalue weighted by molar-refractivity contribution is 5.94. The summed E-state index contributed by atoms with van der Waals surface area (Å²) < 4.78 is 0. The molecule has 0 unspecified atom stereocenters. The number of fused-ring (bicyclic) bond motifs is 4. The second kappa shape index (κ2) is 9.31. The maximum Gasteiger partial charge on any atom is 0.0543 e. The zero-order chi connectivity index (χ0) is 29.3. The minimum absolute atomic E-state index is 0.0691. The zero-order valence-corrected chi connectivity index (χ0v) is 25.2. The van der Waals surface area contributed by atoms with E-state index in [2.05, 4.69) is 172 Å². The highest BCUT2D eigenvalue weighted by Crippen LogP contribution is 2.60. The Labute approximate surface area is 255 Å². The second-order valence-corrected chi connectivity index (χ2v) is 13.0. The van der Waals surface area contributed by atoms with Crippen LogP contribution in [0.1, 0.15) is 49.9 Å². The van der Waals surface area contributed by atoms with Gasteiger partial charge in [0, 0.05) is 10.8 Å². The van der Waals surface area contributed by atoms with E-state index < -0.39 is 0 Å². The van der Waals surface area contributed by atoms with Crippen molar-refractivity contribution in [3.8, 4) is 33.4 Å². The molecule has 43 heavy (non-hydrogen) atoms. The molecule has 6 aromatic carbocycles. The smallest absolute Gasteiger partial charge is 0.0543 e. The number of hydrogen-bond acceptors (Lipinski definition) is 1. The van der Waals surface area contributed by atoms with Crippen molar-refractivity contribution in [1.82, 2.24) is 0 Å². The molecule has 0 bridgehead atoms. The SMILES string of the molecule is CC1(C)c2ccccc2N2c3ccc(-c4ccc(-c5ccccc5)c(-c5ccccc5)c4)cc3C(C)(C)c3cccc1c32. The van der Waals surface area contributed by atoms with E-state index in [1.807, 2.05) is 0 Å². The molecule has 0 spiro atoms. The van der Waals surface area contributed by atoms with E-state index >= 15 is 0 Å². The topological polar surface area (TPSA) is 3.24 Å². The van der Waals surface area contributed by atoms with Gasteiger partial charge in [-0.3, -0.25) is 0 Å². The number of anilines is 3. The molecular weight excluding hydrogens is 518 g/mol. The Morgan fingerprint density at radius 1 is 0.372 bits per heavy atom. The van der Waals surface area contributed by atoms with Gasteiger partial charge in [0.15, 0.2) is 0 Å². The molecule has 0 aliphatic carbocycles. The molecule has 0 atom stereocenters. The van der Waals surface area contributed by atoms with E-state index in [-0.39, 0.29) is 10.8 Å². The van der Waals surface area contributed by atoms with Crippen molar-refractivity contribution in [1.29, 1.82) is 0 Å². The minimum atomic E-state index is -0.151. The molecule has 1 heteroatoms. The third-order valence-electron chi connectivity index (χ3n) is 9.86. The van der Waals surface area contributed by atoms with E-state index in [4.69, 9.17) is 0 Å². The molecule has 2 heterocycles. The lowest BCUT2D eigenvalue weighted by Crippen LogP contribution is -2.38. The summed E-state index contributed by atoms with van der Waals surface area (Å²) >= 11 is 0. The molecule has 0 saturated heterocycles. The van der Waals surface area contributed by atoms with Gasteiger partial charge in [-0.2, -0.15) is 0 Å². The maximum atomic E-state index is 2.53. The van der Waals surface area contributed by atoms with Gasteiger partial charge in [-0.1, -0.05) is 143 Å². The predicted molar refractivity (Wildman–Crippen MR) is 182 cm³/mol. The largest absolute Gasteiger partial charge is 0.309 e. The van der Waals surface area contributed by atoms with E-state index in [0.29, 0.717) is 0 Å². The van der Waals surface area contributed by atoms with Crippen LogP contribution in [-0.2, 0) is 10.8 Å². The Morgan fingerprint density at radius 3 is 1.58 bits per heavy atom. The Morgan fingerprint density at radius 2 is 0.884 bits per heavy atom. The van der Waals surface area contributed by atoms with Crippen LogP contribution in [-0.4, -0.2) is 0 Å². The summed E-state index contributed by atoms with van der Waals surface area (Å²) in [6.45, 7) is 9.52. The lowest BCUT2D eigenvalue weighted by molar-refractivity contribution is 0.597. The van der Waals surface area contributed by atoms with Crippen molar-refractivity contribution in [3.05, 3.63) is 162 Å². The van der Waals surface area contributed by atoms with Gasteiger partial charge >= 0.3 is 0 Å². The number of benzene rings is 6. The van der Waals surface area contributed by atoms with Crippen LogP contribution in [0.15, 0.2) is 140 Å². The van der Waals surface area contributed by atoms with Crippen LogP contribution in [0.4, 0.5) is 17.1 Å². The summed E-state index contributed by atoms with van der Waals surface area (Å²) in [4.78, 5) is 2.53. The van der Waals surface area contributed by atoms with Crippen molar-refractivity contribution < 1.29 is 0 Å². The molecule has 208 valence electrons. The van der Waals surface area contributed by atoms with Crippen LogP contribution in [0.25, 0.3) is 33.4 Å². The summed E-state index contributed by atoms with van der Waals surface area (Å²) in [7, 11) is 0. The fourth-order valence-corrected chi connectivity index (χ4v) is 7.51. The van der Waals surface area contributed by atoms with E-state index in [0.717, 1.165) is 0 Å². The summed E-state index contributed by atoms with van der Waals surface area (Å²) in [5.74, 6) is 0. The summed E-state index contributed by atoms with van der Waals surface area (Å²) in [5, 5.41) is 0. The Balaban J connectivity index is 1.33. The van der Waals surface area contributed by atoms with Crippen LogP contribution in [0.3, 0.4) is 0 Å². The normalized spacial score (nSPS) is 15.3. The van der Waals surface area contributed by atoms with Gasteiger partial charge in [0.1, 0.15) is 0 Å². The zero-order valence-electron chi connectivity index (χ0n) is 25.2. The number of hydrogen-bond donors (Lipinski definition) is 0. The summed E-state index contributed by atoms with van der Waals surface area (Å²) in [5.41, 5.74) is 16.7. The molecule has 0 amide bonds. The van der Waals surface area contributed by atoms with E-state index in [9.17, 15) is 0 Å². The number of rotatable bonds is 3. The summed E-state index contributed by atoms with van der Waals surface area (Å²) in [6, 6.07) is 51.4. The van der Waals surface area contributed by atoms with Crippen molar-refractivity contribution >= 4 is 17.1 Å². The highest BCUT2D eigenvalue weighted by atomic mass is 15.2. The number of nitrogens with zero attached hydrogens (tertiary/aromatic N) is 1. The summed E-state index contributed by atoms with van der Waals surface area (Å²) in [6.07, 6.45) is 0. The molecule has 1 nitrogen and oxygen atoms in total. The molecule has 6 aromatic rings. The van der Waals surface area contributed by atoms with Crippen LogP contribution >= 0.6 is 0 Å². The fraction of sp³-hybridized carbons (Fsp3) is 0.143. The molecule has 0 fully saturated rings. The highest BCUT2D eigenvalue weighted by Gasteiger charge is 2.45. The van der Waals surface area contributed by atoms with Gasteiger partial charge in [0.2, 0.25) is 0 Å². The molecular formula is C42H35N. The average Bonchev–Trinajstić information content (AvgIpc) is 3.05. The van der Waals surface area contributed by atoms with Crippen LogP contribution in [0, 0.1) is 0 Å². The van der Waals surface area contributed by atoms with Gasteiger partial charge in [0.05, 0.1) is 17.1 Å². The van der Waals surface area contributed by atoms with Crippen molar-refractivity contribution in [3.63, 3.8) is 0 Å². The fourth-order valence-electron chi connectivity index (χ4n) is 7.51. The van der Waals surface area contributed by atoms with Gasteiger partial charge in [0.25, 0.3) is 0 Å². The van der Waals surface area contributed by atoms with Gasteiger partial charge in [-0.15, -0.1) is 0 Å². The lowest BCUT2D eigenvalue weighted by atomic mass is 9.66. The molecule has 0 N–H and O–H groups in total. The number of para-hydroxylation sites is 2. The van der Waals surface area contributed by atoms with Gasteiger partial charge < -0.3 is 4.90 Å². The first-order valence-electron chi connectivity index (χ1n) is 15.3. The third-order valence-corrected chi connectivity index (χ3v) is 9.86. The van der Waals surface area contributed by atoms with Crippen LogP contribution in [0.2, 0.25) is 0 Å². The Hall–Kier alpha value is -4.88. The minimum Gasteiger partial charge on any atom is -0.309 e. The standard InChI is InChI=1S/C42H35N/c1-41(2)34-18-11-12-21-38(34)43-39-25-23-31(27-37(39)42(3,4)36-20-13-19-35(41)40(36)43)30-22-24-32(28-14-7-5-8-15-28)33(26-30)29-16-9-6-10-17-29/h5-27H,1-4H3. The maximum absolute atomic E-state index is 2.53. The first-order chi connectivity index (χ1) is 20.9. The molecule has 2 aliphatic rings. The second-order valence-electron chi connectivity index (χ2n) is 13.0. The average molecular weight is 554 g/mol. The quantitative estimate of drug-likeness (QED) is 0.211. The molecule has 2 aliphatic heterocycles. The first-order valence-corrected chi connectivity index (χ1v) is 15.3. The monoisotopic (exact) mass is 553 g/mol. The Kier molecular flexibility index (Phi) is 5.59. The Bertz CT molecular complexity index is 2010. The lowest BCUT2D eigenvalue weighted by Gasteiger charge is -2.49. The molecule has 0 aromatic heterocycles. The van der Waals surface area contributed by atoms with Crippen LogP contribution in [0.5, 0.6) is 0 Å². The molecule has 0 saturated carbocycles. The van der Waals surface area contributed by atoms with Crippen molar-refractivity contribution in [2.24, 2.45) is 0 Å². The van der Waals surface area contributed by atoms with Crippen molar-refractivity contribution in [2.75, 3.05) is 4.90 Å². The van der Waals surface area contributed by atoms with E-state index in [1.165, 1.54) is 72.7 Å².